The Bertz CT molecular complexity index is 749. The number of nitrogen functional groups attached to an aromatic ring is 1. The summed E-state index contributed by atoms with van der Waals surface area (Å²) in [4.78, 5) is 6.68. The molecule has 4 fully saturated rings. The first-order valence-electron chi connectivity index (χ1n) is 9.72. The van der Waals surface area contributed by atoms with Crippen LogP contribution in [0.3, 0.4) is 0 Å². The number of piperidine rings is 2. The Balaban J connectivity index is 1.52. The highest BCUT2D eigenvalue weighted by Gasteiger charge is 2.50. The summed E-state index contributed by atoms with van der Waals surface area (Å²) in [6, 6.07) is 2.66. The average molecular weight is 390 g/mol. The van der Waals surface area contributed by atoms with Crippen molar-refractivity contribution in [3.8, 4) is 0 Å². The summed E-state index contributed by atoms with van der Waals surface area (Å²) in [6.07, 6.45) is 4.87. The van der Waals surface area contributed by atoms with Crippen LogP contribution in [0.4, 0.5) is 5.82 Å². The molecule has 1 aromatic heterocycles. The quantitative estimate of drug-likeness (QED) is 0.651. The molecule has 0 amide bonds. The molecule has 4 N–H and O–H groups in total. The van der Waals surface area contributed by atoms with Gasteiger partial charge < -0.3 is 21.2 Å². The molecule has 146 valence electrons. The van der Waals surface area contributed by atoms with E-state index in [1.54, 1.807) is 12.3 Å². The van der Waals surface area contributed by atoms with Gasteiger partial charge in [0.05, 0.1) is 30.0 Å². The Hall–Kier alpha value is -1.63. The fraction of sp³-hybridized carbons (Fsp3) is 0.600. The van der Waals surface area contributed by atoms with Gasteiger partial charge >= 0.3 is 0 Å². The normalized spacial score (nSPS) is 28.6. The van der Waals surface area contributed by atoms with Gasteiger partial charge in [-0.05, 0) is 44.2 Å². The Morgan fingerprint density at radius 1 is 1.41 bits per heavy atom. The van der Waals surface area contributed by atoms with E-state index in [-0.39, 0.29) is 0 Å². The van der Waals surface area contributed by atoms with Gasteiger partial charge in [-0.3, -0.25) is 4.90 Å². The van der Waals surface area contributed by atoms with Crippen molar-refractivity contribution in [2.45, 2.75) is 32.4 Å². The van der Waals surface area contributed by atoms with Crippen molar-refractivity contribution in [1.82, 2.24) is 15.2 Å². The van der Waals surface area contributed by atoms with E-state index in [2.05, 4.69) is 29.0 Å². The lowest BCUT2D eigenvalue weighted by Gasteiger charge is -2.57. The molecule has 3 aliphatic heterocycles. The summed E-state index contributed by atoms with van der Waals surface area (Å²) in [7, 11) is 0. The van der Waals surface area contributed by atoms with Gasteiger partial charge in [0.15, 0.2) is 0 Å². The molecule has 0 radical (unpaired) electrons. The summed E-state index contributed by atoms with van der Waals surface area (Å²) >= 11 is 6.09. The highest BCUT2D eigenvalue weighted by atomic mass is 35.5. The van der Waals surface area contributed by atoms with E-state index in [1.807, 2.05) is 6.08 Å². The van der Waals surface area contributed by atoms with E-state index < -0.39 is 0 Å². The molecule has 0 spiro atoms. The Labute approximate surface area is 165 Å². The number of allylic oxidation sites excluding steroid dienone is 2. The molecule has 1 aliphatic carbocycles. The van der Waals surface area contributed by atoms with E-state index in [1.165, 1.54) is 12.1 Å². The molecule has 5 rings (SSSR count). The Morgan fingerprint density at radius 3 is 2.67 bits per heavy atom. The maximum absolute atomic E-state index is 8.53. The lowest BCUT2D eigenvalue weighted by molar-refractivity contribution is -0.122. The molecule has 3 saturated heterocycles. The first kappa shape index (κ1) is 18.7. The number of aromatic nitrogens is 1. The maximum Gasteiger partial charge on any atom is 0.142 e. The number of pyridine rings is 1. The van der Waals surface area contributed by atoms with Crippen LogP contribution in [0.2, 0.25) is 5.02 Å². The van der Waals surface area contributed by atoms with Gasteiger partial charge in [0.2, 0.25) is 0 Å². The molecule has 1 aromatic rings. The van der Waals surface area contributed by atoms with Crippen LogP contribution in [-0.4, -0.2) is 54.0 Å². The Kier molecular flexibility index (Phi) is 5.14. The number of anilines is 1. The van der Waals surface area contributed by atoms with Crippen molar-refractivity contribution < 1.29 is 4.74 Å². The molecule has 2 atom stereocenters. The van der Waals surface area contributed by atoms with Crippen LogP contribution in [0.5, 0.6) is 0 Å². The first-order valence-corrected chi connectivity index (χ1v) is 10.1. The number of hydrogen-bond acceptors (Lipinski definition) is 6. The summed E-state index contributed by atoms with van der Waals surface area (Å²) in [5.41, 5.74) is 7.98. The van der Waals surface area contributed by atoms with E-state index in [4.69, 9.17) is 27.5 Å². The highest BCUT2D eigenvalue weighted by Crippen LogP contribution is 2.49. The van der Waals surface area contributed by atoms with Crippen molar-refractivity contribution >= 4 is 23.1 Å². The summed E-state index contributed by atoms with van der Waals surface area (Å²) < 4.78 is 5.37. The maximum atomic E-state index is 8.53. The predicted octanol–water partition coefficient (Wildman–Crippen LogP) is 2.53. The molecule has 0 aromatic carbocycles. The molecule has 1 saturated carbocycles. The molecule has 4 heterocycles. The van der Waals surface area contributed by atoms with E-state index in [9.17, 15) is 0 Å². The lowest BCUT2D eigenvalue weighted by atomic mass is 9.59. The summed E-state index contributed by atoms with van der Waals surface area (Å²) in [5, 5.41) is 12.5. The van der Waals surface area contributed by atoms with E-state index in [0.29, 0.717) is 52.0 Å². The fourth-order valence-corrected chi connectivity index (χ4v) is 4.73. The number of fused-ring (bicyclic) bond motifs is 2. The minimum Gasteiger partial charge on any atom is -0.386 e. The zero-order chi connectivity index (χ0) is 19.1. The fourth-order valence-electron chi connectivity index (χ4n) is 4.57. The average Bonchev–Trinajstić information content (AvgIpc) is 2.55. The number of halogens is 1. The van der Waals surface area contributed by atoms with Crippen molar-refractivity contribution in [1.29, 1.82) is 5.41 Å². The summed E-state index contributed by atoms with van der Waals surface area (Å²) in [6.45, 7) is 8.32. The number of rotatable bonds is 6. The standard InChI is InChI=1S/C20H28ClN5O/c1-11(2)25-18(5-17(22)12-4-16(21)20(23)24-6-12)19-13-3-14(19)8-26(7-13)15-9-27-10-15/h4-6,11,13-15,19,22,25H,3,7-10H2,1-2H3,(H2,23,24)/b18-5-,22-17?. The van der Waals surface area contributed by atoms with Crippen molar-refractivity contribution in [3.63, 3.8) is 0 Å². The third-order valence-electron chi connectivity index (χ3n) is 5.99. The SMILES string of the molecule is CC(C)N/C(=C\C(=N)c1cnc(N)c(Cl)c1)C1C2CC1CN(C1COC1)C2. The second-order valence-electron chi connectivity index (χ2n) is 8.33. The van der Waals surface area contributed by atoms with Gasteiger partial charge in [-0.15, -0.1) is 0 Å². The van der Waals surface area contributed by atoms with Gasteiger partial charge in [0.1, 0.15) is 5.82 Å². The van der Waals surface area contributed by atoms with Crippen LogP contribution in [0.15, 0.2) is 24.0 Å². The molecule has 27 heavy (non-hydrogen) atoms. The Morgan fingerprint density at radius 2 is 2.11 bits per heavy atom. The molecule has 4 aliphatic rings. The molecule has 2 bridgehead atoms. The number of nitrogens with zero attached hydrogens (tertiary/aromatic N) is 2. The third-order valence-corrected chi connectivity index (χ3v) is 6.29. The minimum atomic E-state index is 0.298. The second-order valence-corrected chi connectivity index (χ2v) is 8.74. The number of ether oxygens (including phenoxy) is 1. The summed E-state index contributed by atoms with van der Waals surface area (Å²) in [5.74, 6) is 2.11. The van der Waals surface area contributed by atoms with Crippen molar-refractivity contribution in [2.24, 2.45) is 17.8 Å². The number of hydrogen-bond donors (Lipinski definition) is 3. The zero-order valence-corrected chi connectivity index (χ0v) is 16.7. The molecule has 2 unspecified atom stereocenters. The van der Waals surface area contributed by atoms with E-state index in [0.717, 1.165) is 26.3 Å². The lowest BCUT2D eigenvalue weighted by Crippen LogP contribution is -2.62. The van der Waals surface area contributed by atoms with Crippen LogP contribution < -0.4 is 11.1 Å². The van der Waals surface area contributed by atoms with Crippen LogP contribution in [0, 0.1) is 23.2 Å². The van der Waals surface area contributed by atoms with Crippen molar-refractivity contribution in [3.05, 3.63) is 34.6 Å². The van der Waals surface area contributed by atoms with Crippen LogP contribution >= 0.6 is 11.6 Å². The van der Waals surface area contributed by atoms with Gasteiger partial charge in [-0.1, -0.05) is 11.6 Å². The molecular formula is C20H28ClN5O. The topological polar surface area (TPSA) is 87.3 Å². The molecule has 6 nitrogen and oxygen atoms in total. The zero-order valence-electron chi connectivity index (χ0n) is 15.9. The number of nitrogens with one attached hydrogen (secondary N) is 2. The molecular weight excluding hydrogens is 362 g/mol. The highest BCUT2D eigenvalue weighted by molar-refractivity contribution is 6.33. The van der Waals surface area contributed by atoms with E-state index >= 15 is 0 Å². The van der Waals surface area contributed by atoms with Crippen LogP contribution in [0.1, 0.15) is 25.8 Å². The van der Waals surface area contributed by atoms with Crippen LogP contribution in [0.25, 0.3) is 0 Å². The van der Waals surface area contributed by atoms with Gasteiger partial charge in [0.25, 0.3) is 0 Å². The van der Waals surface area contributed by atoms with Gasteiger partial charge in [-0.25, -0.2) is 4.98 Å². The second kappa shape index (κ2) is 7.41. The molecule has 7 heteroatoms. The largest absolute Gasteiger partial charge is 0.386 e. The minimum absolute atomic E-state index is 0.298. The van der Waals surface area contributed by atoms with Crippen LogP contribution in [-0.2, 0) is 4.74 Å². The first-order chi connectivity index (χ1) is 12.9. The van der Waals surface area contributed by atoms with Crippen molar-refractivity contribution in [2.75, 3.05) is 32.0 Å². The third kappa shape index (κ3) is 3.71. The predicted molar refractivity (Wildman–Crippen MR) is 108 cm³/mol. The van der Waals surface area contributed by atoms with Gasteiger partial charge in [0, 0.05) is 42.5 Å². The van der Waals surface area contributed by atoms with Gasteiger partial charge in [-0.2, -0.15) is 0 Å². The monoisotopic (exact) mass is 389 g/mol. The smallest absolute Gasteiger partial charge is 0.142 e. The number of nitrogens with two attached hydrogens (primary N) is 1.